The Bertz CT molecular complexity index is 424. The molecule has 1 amide bonds. The second-order valence-corrected chi connectivity index (χ2v) is 5.05. The zero-order valence-corrected chi connectivity index (χ0v) is 10.8. The van der Waals surface area contributed by atoms with Crippen molar-refractivity contribution in [3.8, 4) is 0 Å². The van der Waals surface area contributed by atoms with Crippen LogP contribution in [0.3, 0.4) is 0 Å². The summed E-state index contributed by atoms with van der Waals surface area (Å²) in [5, 5.41) is 11.4. The van der Waals surface area contributed by atoms with Crippen LogP contribution < -0.4 is 5.32 Å². The van der Waals surface area contributed by atoms with E-state index < -0.39 is 10.1 Å². The van der Waals surface area contributed by atoms with Gasteiger partial charge in [0.1, 0.15) is 0 Å². The molecule has 0 aliphatic rings. The smallest absolute Gasteiger partial charge is 0.261 e. The predicted molar refractivity (Wildman–Crippen MR) is 67.7 cm³/mol. The van der Waals surface area contributed by atoms with E-state index in [1.165, 1.54) is 0 Å². The molecule has 1 aromatic carbocycles. The van der Waals surface area contributed by atoms with Crippen molar-refractivity contribution in [2.45, 2.75) is 12.5 Å². The number of carbonyl (C=O) groups is 1. The third-order valence-electron chi connectivity index (χ3n) is 1.85. The average Bonchev–Trinajstić information content (AvgIpc) is 2.27. The van der Waals surface area contributed by atoms with Crippen LogP contribution in [-0.2, 0) is 21.3 Å². The van der Waals surface area contributed by atoms with Crippen LogP contribution in [-0.4, -0.2) is 43.4 Å². The van der Waals surface area contributed by atoms with Crippen LogP contribution in [0.5, 0.6) is 0 Å². The minimum atomic E-state index is -3.67. The Kier molecular flexibility index (Phi) is 7.93. The molecule has 0 fully saturated rings. The highest BCUT2D eigenvalue weighted by atomic mass is 32.2. The molecule has 0 aromatic heterocycles. The van der Waals surface area contributed by atoms with E-state index in [0.717, 1.165) is 5.56 Å². The number of rotatable bonds is 5. The molecule has 0 aliphatic carbocycles. The van der Waals surface area contributed by atoms with Crippen LogP contribution in [0.4, 0.5) is 0 Å². The molecule has 1 unspecified atom stereocenters. The van der Waals surface area contributed by atoms with Crippen molar-refractivity contribution < 1.29 is 22.9 Å². The van der Waals surface area contributed by atoms with Gasteiger partial charge in [-0.3, -0.25) is 9.35 Å². The fourth-order valence-corrected chi connectivity index (χ4v) is 1.17. The minimum Gasteiger partial charge on any atom is -0.394 e. The number of hydrogen-bond donors (Lipinski definition) is 3. The SMILES string of the molecule is CS(=O)(=O)O.O=CNC(CO)Cc1ccccc1. The van der Waals surface area contributed by atoms with E-state index in [0.29, 0.717) is 19.1 Å². The lowest BCUT2D eigenvalue weighted by Crippen LogP contribution is -2.33. The third-order valence-corrected chi connectivity index (χ3v) is 1.85. The van der Waals surface area contributed by atoms with Crippen molar-refractivity contribution in [3.05, 3.63) is 35.9 Å². The lowest BCUT2D eigenvalue weighted by molar-refractivity contribution is -0.110. The highest BCUT2D eigenvalue weighted by molar-refractivity contribution is 7.85. The van der Waals surface area contributed by atoms with Gasteiger partial charge in [-0.25, -0.2) is 0 Å². The summed E-state index contributed by atoms with van der Waals surface area (Å²) in [7, 11) is -3.67. The first-order chi connectivity index (χ1) is 8.36. The summed E-state index contributed by atoms with van der Waals surface area (Å²) in [6.45, 7) is -0.0341. The molecule has 1 atom stereocenters. The molecule has 102 valence electrons. The number of aliphatic hydroxyl groups is 1. The molecule has 0 bridgehead atoms. The van der Waals surface area contributed by atoms with E-state index in [2.05, 4.69) is 5.32 Å². The maximum atomic E-state index is 10.1. The zero-order chi connectivity index (χ0) is 14.0. The van der Waals surface area contributed by atoms with Gasteiger partial charge >= 0.3 is 0 Å². The second-order valence-electron chi connectivity index (χ2n) is 3.59. The van der Waals surface area contributed by atoms with Gasteiger partial charge in [0.05, 0.1) is 18.9 Å². The molecule has 1 rings (SSSR count). The summed E-state index contributed by atoms with van der Waals surface area (Å²) in [6.07, 6.45) is 1.99. The molecule has 0 saturated heterocycles. The summed E-state index contributed by atoms with van der Waals surface area (Å²) in [4.78, 5) is 10.1. The van der Waals surface area contributed by atoms with E-state index in [-0.39, 0.29) is 12.6 Å². The molecular formula is C11H17NO5S. The van der Waals surface area contributed by atoms with Crippen LogP contribution in [0, 0.1) is 0 Å². The Labute approximate surface area is 106 Å². The molecule has 18 heavy (non-hydrogen) atoms. The highest BCUT2D eigenvalue weighted by Crippen LogP contribution is 2.02. The molecule has 7 heteroatoms. The summed E-state index contributed by atoms with van der Waals surface area (Å²) < 4.78 is 25.9. The summed E-state index contributed by atoms with van der Waals surface area (Å²) >= 11 is 0. The summed E-state index contributed by atoms with van der Waals surface area (Å²) in [5.41, 5.74) is 1.11. The van der Waals surface area contributed by atoms with Gasteiger partial charge < -0.3 is 10.4 Å². The quantitative estimate of drug-likeness (QED) is 0.512. The number of hydrogen-bond acceptors (Lipinski definition) is 4. The Morgan fingerprint density at radius 1 is 1.33 bits per heavy atom. The second kappa shape index (κ2) is 8.62. The van der Waals surface area contributed by atoms with Crippen LogP contribution in [0.1, 0.15) is 5.56 Å². The number of aliphatic hydroxyl groups excluding tert-OH is 1. The Balaban J connectivity index is 0.000000494. The molecule has 0 aliphatic heterocycles. The van der Waals surface area contributed by atoms with Gasteiger partial charge in [0.2, 0.25) is 6.41 Å². The van der Waals surface area contributed by atoms with Crippen LogP contribution >= 0.6 is 0 Å². The first kappa shape index (κ1) is 16.6. The number of amides is 1. The van der Waals surface area contributed by atoms with E-state index in [1.54, 1.807) is 0 Å². The lowest BCUT2D eigenvalue weighted by Gasteiger charge is -2.12. The first-order valence-corrected chi connectivity index (χ1v) is 6.98. The summed E-state index contributed by atoms with van der Waals surface area (Å²) in [5.74, 6) is 0. The molecule has 1 aromatic rings. The van der Waals surface area contributed by atoms with E-state index in [1.807, 2.05) is 30.3 Å². The Hall–Kier alpha value is -1.44. The lowest BCUT2D eigenvalue weighted by atomic mass is 10.1. The Morgan fingerprint density at radius 3 is 2.22 bits per heavy atom. The number of nitrogens with one attached hydrogen (secondary N) is 1. The monoisotopic (exact) mass is 275 g/mol. The summed E-state index contributed by atoms with van der Waals surface area (Å²) in [6, 6.07) is 9.56. The topological polar surface area (TPSA) is 104 Å². The third kappa shape index (κ3) is 11.1. The first-order valence-electron chi connectivity index (χ1n) is 5.13. The van der Waals surface area contributed by atoms with Crippen molar-refractivity contribution in [3.63, 3.8) is 0 Å². The molecule has 0 heterocycles. The van der Waals surface area contributed by atoms with Crippen molar-refractivity contribution in [2.24, 2.45) is 0 Å². The van der Waals surface area contributed by atoms with Crippen LogP contribution in [0.15, 0.2) is 30.3 Å². The van der Waals surface area contributed by atoms with E-state index in [9.17, 15) is 13.2 Å². The van der Waals surface area contributed by atoms with Gasteiger partial charge in [-0.1, -0.05) is 30.3 Å². The molecule has 6 nitrogen and oxygen atoms in total. The minimum absolute atomic E-state index is 0.0341. The fourth-order valence-electron chi connectivity index (χ4n) is 1.17. The van der Waals surface area contributed by atoms with Crippen LogP contribution in [0.2, 0.25) is 0 Å². The van der Waals surface area contributed by atoms with Gasteiger partial charge in [0, 0.05) is 0 Å². The maximum absolute atomic E-state index is 10.1. The van der Waals surface area contributed by atoms with Gasteiger partial charge in [0.25, 0.3) is 10.1 Å². The van der Waals surface area contributed by atoms with Gasteiger partial charge in [0.15, 0.2) is 0 Å². The normalized spacial score (nSPS) is 11.9. The highest BCUT2D eigenvalue weighted by Gasteiger charge is 2.05. The molecule has 0 spiro atoms. The van der Waals surface area contributed by atoms with E-state index >= 15 is 0 Å². The van der Waals surface area contributed by atoms with Crippen molar-refractivity contribution in [2.75, 3.05) is 12.9 Å². The van der Waals surface area contributed by atoms with Crippen molar-refractivity contribution in [1.82, 2.24) is 5.32 Å². The fraction of sp³-hybridized carbons (Fsp3) is 0.364. The molecule has 0 radical (unpaired) electrons. The van der Waals surface area contributed by atoms with Gasteiger partial charge in [-0.2, -0.15) is 8.42 Å². The van der Waals surface area contributed by atoms with E-state index in [4.69, 9.17) is 9.66 Å². The molecular weight excluding hydrogens is 258 g/mol. The molecule has 0 saturated carbocycles. The zero-order valence-electron chi connectivity index (χ0n) is 9.98. The largest absolute Gasteiger partial charge is 0.394 e. The Morgan fingerprint density at radius 2 is 1.83 bits per heavy atom. The predicted octanol–water partition coefficient (Wildman–Crippen LogP) is -0.160. The van der Waals surface area contributed by atoms with Crippen LogP contribution in [0.25, 0.3) is 0 Å². The van der Waals surface area contributed by atoms with Gasteiger partial charge in [-0.05, 0) is 12.0 Å². The maximum Gasteiger partial charge on any atom is 0.261 e. The molecule has 3 N–H and O–H groups in total. The standard InChI is InChI=1S/C10H13NO2.CH4O3S/c12-7-10(11-8-13)6-9-4-2-1-3-5-9;1-5(2,3)4/h1-5,8,10,12H,6-7H2,(H,11,13);1H3,(H,2,3,4). The van der Waals surface area contributed by atoms with Crippen molar-refractivity contribution >= 4 is 16.5 Å². The average molecular weight is 275 g/mol. The van der Waals surface area contributed by atoms with Gasteiger partial charge in [-0.15, -0.1) is 0 Å². The van der Waals surface area contributed by atoms with Crippen molar-refractivity contribution in [1.29, 1.82) is 0 Å². The number of benzene rings is 1. The number of carbonyl (C=O) groups excluding carboxylic acids is 1.